The molecule has 4 heterocycles. The van der Waals surface area contributed by atoms with E-state index in [2.05, 4.69) is 22.5 Å². The first kappa shape index (κ1) is 20.0. The van der Waals surface area contributed by atoms with Gasteiger partial charge in [-0.15, -0.1) is 6.58 Å². The van der Waals surface area contributed by atoms with Crippen molar-refractivity contribution in [1.29, 1.82) is 0 Å². The molecule has 5 atom stereocenters. The van der Waals surface area contributed by atoms with Crippen LogP contribution < -0.4 is 4.74 Å². The third-order valence-corrected chi connectivity index (χ3v) is 7.20. The van der Waals surface area contributed by atoms with E-state index < -0.39 is 0 Å². The molecule has 4 nitrogen and oxygen atoms in total. The summed E-state index contributed by atoms with van der Waals surface area (Å²) < 4.78 is 5.49. The Morgan fingerprint density at radius 3 is 2.77 bits per heavy atom. The van der Waals surface area contributed by atoms with Gasteiger partial charge in [-0.2, -0.15) is 0 Å². The molecule has 0 aliphatic carbocycles. The number of piperidine rings is 3. The zero-order valence-corrected chi connectivity index (χ0v) is 17.9. The zero-order chi connectivity index (χ0) is 21.4. The van der Waals surface area contributed by atoms with Crippen molar-refractivity contribution in [2.75, 3.05) is 20.2 Å². The molecule has 3 saturated heterocycles. The highest BCUT2D eigenvalue weighted by Crippen LogP contribution is 2.44. The maximum atomic E-state index is 14.0. The van der Waals surface area contributed by atoms with Gasteiger partial charge in [-0.3, -0.25) is 14.7 Å². The molecular formula is C27H28N2O2. The van der Waals surface area contributed by atoms with Gasteiger partial charge >= 0.3 is 0 Å². The van der Waals surface area contributed by atoms with Crippen LogP contribution in [-0.4, -0.2) is 41.9 Å². The highest BCUT2D eigenvalue weighted by molar-refractivity contribution is 6.04. The minimum absolute atomic E-state index is 0.180. The number of fused-ring (bicyclic) bond motifs is 4. The summed E-state index contributed by atoms with van der Waals surface area (Å²) >= 11 is 0. The lowest BCUT2D eigenvalue weighted by Crippen LogP contribution is -2.56. The molecule has 2 aromatic carbocycles. The minimum Gasteiger partial charge on any atom is -0.497 e. The van der Waals surface area contributed by atoms with Crippen molar-refractivity contribution in [3.05, 3.63) is 84.6 Å². The van der Waals surface area contributed by atoms with Crippen LogP contribution in [0.25, 0.3) is 10.9 Å². The van der Waals surface area contributed by atoms with Crippen LogP contribution >= 0.6 is 0 Å². The van der Waals surface area contributed by atoms with Crippen LogP contribution in [0.3, 0.4) is 0 Å². The van der Waals surface area contributed by atoms with E-state index in [1.165, 1.54) is 6.42 Å². The minimum atomic E-state index is -0.242. The largest absolute Gasteiger partial charge is 0.497 e. The monoisotopic (exact) mass is 412 g/mol. The molecule has 3 aromatic rings. The summed E-state index contributed by atoms with van der Waals surface area (Å²) in [4.78, 5) is 21.0. The first-order chi connectivity index (χ1) is 15.2. The molecule has 6 rings (SSSR count). The van der Waals surface area contributed by atoms with Crippen molar-refractivity contribution >= 4 is 16.7 Å². The van der Waals surface area contributed by atoms with Gasteiger partial charge in [0, 0.05) is 29.7 Å². The molecule has 4 heteroatoms. The maximum absolute atomic E-state index is 14.0. The van der Waals surface area contributed by atoms with Gasteiger partial charge in [0.25, 0.3) is 0 Å². The third kappa shape index (κ3) is 3.55. The van der Waals surface area contributed by atoms with Crippen LogP contribution in [0, 0.1) is 11.8 Å². The van der Waals surface area contributed by atoms with Crippen molar-refractivity contribution in [2.45, 2.75) is 24.8 Å². The Hall–Kier alpha value is -2.98. The molecule has 3 aliphatic heterocycles. The summed E-state index contributed by atoms with van der Waals surface area (Å²) in [6.07, 6.45) is 6.14. The van der Waals surface area contributed by atoms with Crippen molar-refractivity contribution < 1.29 is 9.53 Å². The average Bonchev–Trinajstić information content (AvgIpc) is 2.84. The Bertz CT molecular complexity index is 1110. The zero-order valence-electron chi connectivity index (χ0n) is 17.9. The molecule has 0 N–H and O–H groups in total. The Labute approximate surface area is 183 Å². The Kier molecular flexibility index (Phi) is 5.33. The molecule has 1 aromatic heterocycles. The van der Waals surface area contributed by atoms with E-state index in [0.29, 0.717) is 11.8 Å². The van der Waals surface area contributed by atoms with Crippen LogP contribution in [0.2, 0.25) is 0 Å². The van der Waals surface area contributed by atoms with Gasteiger partial charge in [0.15, 0.2) is 5.78 Å². The van der Waals surface area contributed by atoms with Gasteiger partial charge < -0.3 is 4.74 Å². The number of rotatable bonds is 6. The molecule has 0 radical (unpaired) electrons. The molecule has 158 valence electrons. The van der Waals surface area contributed by atoms with Gasteiger partial charge in [0.2, 0.25) is 0 Å². The van der Waals surface area contributed by atoms with Crippen molar-refractivity contribution in [3.63, 3.8) is 0 Å². The molecule has 0 amide bonds. The number of hydrogen-bond donors (Lipinski definition) is 0. The summed E-state index contributed by atoms with van der Waals surface area (Å²) in [6.45, 7) is 6.09. The van der Waals surface area contributed by atoms with Crippen LogP contribution in [-0.2, 0) is 0 Å². The summed E-state index contributed by atoms with van der Waals surface area (Å²) in [5.41, 5.74) is 2.71. The Morgan fingerprint density at radius 1 is 1.23 bits per heavy atom. The number of benzene rings is 2. The number of methoxy groups -OCH3 is 1. The number of carbonyl (C=O) groups is 1. The van der Waals surface area contributed by atoms with Crippen molar-refractivity contribution in [1.82, 2.24) is 9.88 Å². The average molecular weight is 413 g/mol. The topological polar surface area (TPSA) is 42.4 Å². The van der Waals surface area contributed by atoms with Crippen LogP contribution in [0.15, 0.2) is 73.4 Å². The fourth-order valence-corrected chi connectivity index (χ4v) is 5.57. The van der Waals surface area contributed by atoms with Gasteiger partial charge in [-0.1, -0.05) is 36.4 Å². The summed E-state index contributed by atoms with van der Waals surface area (Å²) in [5.74, 6) is 1.84. The first-order valence-corrected chi connectivity index (χ1v) is 11.1. The Morgan fingerprint density at radius 2 is 2.06 bits per heavy atom. The lowest BCUT2D eigenvalue weighted by Gasteiger charge is -2.51. The van der Waals surface area contributed by atoms with E-state index in [9.17, 15) is 4.79 Å². The van der Waals surface area contributed by atoms with Gasteiger partial charge in [-0.05, 0) is 61.1 Å². The smallest absolute Gasteiger partial charge is 0.171 e. The van der Waals surface area contributed by atoms with E-state index in [0.717, 1.165) is 47.3 Å². The second kappa shape index (κ2) is 8.27. The van der Waals surface area contributed by atoms with E-state index in [1.807, 2.05) is 60.8 Å². The first-order valence-electron chi connectivity index (χ1n) is 11.1. The number of nitrogens with zero attached hydrogens (tertiary/aromatic N) is 2. The van der Waals surface area contributed by atoms with Gasteiger partial charge in [0.05, 0.1) is 18.5 Å². The normalized spacial score (nSPS) is 25.8. The van der Waals surface area contributed by atoms with E-state index in [1.54, 1.807) is 7.11 Å². The predicted molar refractivity (Wildman–Crippen MR) is 124 cm³/mol. The van der Waals surface area contributed by atoms with E-state index in [4.69, 9.17) is 4.74 Å². The van der Waals surface area contributed by atoms with Gasteiger partial charge in [-0.25, -0.2) is 0 Å². The molecule has 31 heavy (non-hydrogen) atoms. The van der Waals surface area contributed by atoms with Crippen LogP contribution in [0.4, 0.5) is 0 Å². The quantitative estimate of drug-likeness (QED) is 0.417. The summed E-state index contributed by atoms with van der Waals surface area (Å²) in [7, 11) is 1.67. The van der Waals surface area contributed by atoms with E-state index in [-0.39, 0.29) is 17.7 Å². The van der Waals surface area contributed by atoms with Gasteiger partial charge in [0.1, 0.15) is 5.75 Å². The van der Waals surface area contributed by atoms with Crippen molar-refractivity contribution in [2.24, 2.45) is 11.8 Å². The fourth-order valence-electron chi connectivity index (χ4n) is 5.57. The molecule has 3 aliphatic rings. The van der Waals surface area contributed by atoms with Crippen LogP contribution in [0.5, 0.6) is 5.75 Å². The highest BCUT2D eigenvalue weighted by Gasteiger charge is 2.45. The lowest BCUT2D eigenvalue weighted by atomic mass is 9.69. The maximum Gasteiger partial charge on any atom is 0.171 e. The van der Waals surface area contributed by atoms with Crippen LogP contribution in [0.1, 0.15) is 34.7 Å². The molecule has 0 spiro atoms. The molecule has 2 bridgehead atoms. The Balaban J connectivity index is 1.64. The lowest BCUT2D eigenvalue weighted by molar-refractivity contribution is 0.00819. The molecular weight excluding hydrogens is 384 g/mol. The number of ether oxygens (including phenoxy) is 1. The number of hydrogen-bond acceptors (Lipinski definition) is 4. The number of ketones is 1. The molecule has 3 unspecified atom stereocenters. The molecule has 0 saturated carbocycles. The number of pyridine rings is 1. The summed E-state index contributed by atoms with van der Waals surface area (Å²) in [5, 5.41) is 0.999. The second-order valence-corrected chi connectivity index (χ2v) is 8.74. The fraction of sp³-hybridized carbons (Fsp3) is 0.333. The standard InChI is InChI=1S/C27H28N2O2/c1-3-18-17-29-14-12-20(18)15-25(29)26(27(30)19-7-5-4-6-8-19)22-11-13-28-24-10-9-21(31-2)16-23(22)24/h3-11,13,16,18,20,25-26H,1,12,14-15,17H2,2H3/t18?,20-,25+,26?/m1/s1. The second-order valence-electron chi connectivity index (χ2n) is 8.74. The predicted octanol–water partition coefficient (Wildman–Crippen LogP) is 5.11. The number of aromatic nitrogens is 1. The SMILES string of the molecule is C=CC1CN2CC[C@@H]1C[C@H]2C(C(=O)c1ccccc1)c1ccnc2ccc(OC)cc12. The molecule has 3 fully saturated rings. The van der Waals surface area contributed by atoms with Crippen molar-refractivity contribution in [3.8, 4) is 5.75 Å². The number of carbonyl (C=O) groups excluding carboxylic acids is 1. The number of Topliss-reactive ketones (excluding diaryl/α,β-unsaturated/α-hetero) is 1. The third-order valence-electron chi connectivity index (χ3n) is 7.20. The highest BCUT2D eigenvalue weighted by atomic mass is 16.5. The van der Waals surface area contributed by atoms with E-state index >= 15 is 0 Å². The summed E-state index contributed by atoms with van der Waals surface area (Å²) in [6, 6.07) is 17.8.